The number of carboxylic acids is 1. The fraction of sp³-hybridized carbons (Fsp3) is 0.667. The number of rotatable bonds is 5. The van der Waals surface area contributed by atoms with Crippen molar-refractivity contribution in [2.45, 2.75) is 84.0 Å². The average molecular weight is 369 g/mol. The van der Waals surface area contributed by atoms with Crippen LogP contribution in [0, 0.1) is 17.3 Å². The van der Waals surface area contributed by atoms with Gasteiger partial charge in [0, 0.05) is 12.0 Å². The van der Waals surface area contributed by atoms with Crippen molar-refractivity contribution < 1.29 is 14.7 Å². The maximum atomic E-state index is 12.7. The molecule has 0 radical (unpaired) electrons. The van der Waals surface area contributed by atoms with E-state index in [1.807, 2.05) is 12.1 Å². The molecule has 3 heteroatoms. The Hall–Kier alpha value is -1.64. The van der Waals surface area contributed by atoms with E-state index in [9.17, 15) is 14.7 Å². The molecule has 0 amide bonds. The lowest BCUT2D eigenvalue weighted by atomic mass is 9.55. The summed E-state index contributed by atoms with van der Waals surface area (Å²) in [4.78, 5) is 24.6. The van der Waals surface area contributed by atoms with Crippen molar-refractivity contribution in [2.24, 2.45) is 17.3 Å². The Morgan fingerprint density at radius 1 is 1.15 bits per heavy atom. The van der Waals surface area contributed by atoms with Gasteiger partial charge in [0.25, 0.3) is 0 Å². The Kier molecular flexibility index (Phi) is 4.90. The first-order valence-corrected chi connectivity index (χ1v) is 10.9. The summed E-state index contributed by atoms with van der Waals surface area (Å²) >= 11 is 0. The normalized spacial score (nSPS) is 31.7. The molecule has 0 spiro atoms. The van der Waals surface area contributed by atoms with E-state index in [1.165, 1.54) is 49.7 Å². The lowest BCUT2D eigenvalue weighted by molar-refractivity contribution is 0.0596. The summed E-state index contributed by atoms with van der Waals surface area (Å²) in [5.74, 6) is 1.08. The Morgan fingerprint density at radius 2 is 1.96 bits per heavy atom. The van der Waals surface area contributed by atoms with Gasteiger partial charge in [-0.15, -0.1) is 0 Å². The number of carboxylic acid groups (broad SMARTS) is 1. The number of ketones is 1. The zero-order valence-electron chi connectivity index (χ0n) is 16.7. The summed E-state index contributed by atoms with van der Waals surface area (Å²) in [6.07, 6.45) is 10.9. The summed E-state index contributed by atoms with van der Waals surface area (Å²) in [5.41, 5.74) is 3.66. The summed E-state index contributed by atoms with van der Waals surface area (Å²) in [6, 6.07) is 3.82. The molecule has 0 heterocycles. The van der Waals surface area contributed by atoms with Crippen molar-refractivity contribution in [3.8, 4) is 0 Å². The molecular formula is C24H32O3. The van der Waals surface area contributed by atoms with Crippen LogP contribution >= 0.6 is 0 Å². The van der Waals surface area contributed by atoms with Crippen LogP contribution in [0.25, 0.3) is 0 Å². The smallest absolute Gasteiger partial charge is 0.336 e. The zero-order chi connectivity index (χ0) is 19.2. The Balaban J connectivity index is 1.72. The van der Waals surface area contributed by atoms with Crippen molar-refractivity contribution in [1.29, 1.82) is 0 Å². The SMILES string of the molecule is CCCCC(=O)c1cc2c(cc1C(=O)O)CC[C@@H]1[C@@H]2CC[C@]2(C)CCC[C@@H]12. The van der Waals surface area contributed by atoms with E-state index in [1.54, 1.807) is 0 Å². The molecule has 1 N–H and O–H groups in total. The largest absolute Gasteiger partial charge is 0.478 e. The van der Waals surface area contributed by atoms with Gasteiger partial charge in [0.15, 0.2) is 5.78 Å². The number of fused-ring (bicyclic) bond motifs is 5. The van der Waals surface area contributed by atoms with Crippen molar-refractivity contribution in [2.75, 3.05) is 0 Å². The van der Waals surface area contributed by atoms with Crippen molar-refractivity contribution in [3.05, 3.63) is 34.4 Å². The first kappa shape index (κ1) is 18.7. The van der Waals surface area contributed by atoms with Gasteiger partial charge in [-0.2, -0.15) is 0 Å². The fourth-order valence-corrected chi connectivity index (χ4v) is 6.49. The molecule has 0 aromatic heterocycles. The van der Waals surface area contributed by atoms with Crippen LogP contribution in [-0.4, -0.2) is 16.9 Å². The van der Waals surface area contributed by atoms with Crippen LogP contribution in [0.3, 0.4) is 0 Å². The molecule has 0 bridgehead atoms. The number of Topliss-reactive ketones (excluding diaryl/α,β-unsaturated/α-hetero) is 1. The van der Waals surface area contributed by atoms with E-state index < -0.39 is 5.97 Å². The summed E-state index contributed by atoms with van der Waals surface area (Å²) in [7, 11) is 0. The number of carbonyl (C=O) groups is 2. The summed E-state index contributed by atoms with van der Waals surface area (Å²) in [6.45, 7) is 4.55. The topological polar surface area (TPSA) is 54.4 Å². The van der Waals surface area contributed by atoms with Gasteiger partial charge in [0.2, 0.25) is 0 Å². The number of hydrogen-bond donors (Lipinski definition) is 1. The standard InChI is InChI=1S/C24H32O3/c1-3-4-7-22(25)19-14-18-15(13-20(19)23(26)27)8-9-17-16(18)10-12-24(2)11-5-6-21(17)24/h13-14,16-17,21H,3-12H2,1-2H3,(H,26,27)/t16-,17+,21-,24-/m0/s1. The number of hydrogen-bond acceptors (Lipinski definition) is 2. The fourth-order valence-electron chi connectivity index (χ4n) is 6.49. The van der Waals surface area contributed by atoms with Crippen LogP contribution in [0.1, 0.15) is 109 Å². The van der Waals surface area contributed by atoms with Crippen LogP contribution in [0.4, 0.5) is 0 Å². The van der Waals surface area contributed by atoms with Crippen molar-refractivity contribution >= 4 is 11.8 Å². The quantitative estimate of drug-likeness (QED) is 0.648. The molecule has 0 saturated heterocycles. The average Bonchev–Trinajstić information content (AvgIpc) is 3.06. The maximum absolute atomic E-state index is 12.7. The van der Waals surface area contributed by atoms with Crippen LogP contribution in [0.5, 0.6) is 0 Å². The minimum Gasteiger partial charge on any atom is -0.478 e. The second kappa shape index (κ2) is 7.07. The molecule has 2 fully saturated rings. The van der Waals surface area contributed by atoms with E-state index in [0.717, 1.165) is 25.2 Å². The molecule has 3 aliphatic rings. The zero-order valence-corrected chi connectivity index (χ0v) is 16.7. The van der Waals surface area contributed by atoms with E-state index >= 15 is 0 Å². The first-order chi connectivity index (χ1) is 12.9. The molecule has 27 heavy (non-hydrogen) atoms. The second-order valence-electron chi connectivity index (χ2n) is 9.43. The van der Waals surface area contributed by atoms with E-state index in [-0.39, 0.29) is 11.3 Å². The first-order valence-electron chi connectivity index (χ1n) is 10.9. The lowest BCUT2D eigenvalue weighted by Gasteiger charge is -2.49. The van der Waals surface area contributed by atoms with Crippen LogP contribution in [-0.2, 0) is 6.42 Å². The minimum atomic E-state index is -0.966. The molecule has 3 aliphatic carbocycles. The van der Waals surface area contributed by atoms with E-state index in [0.29, 0.717) is 29.2 Å². The predicted octanol–water partition coefficient (Wildman–Crippen LogP) is 6.00. The maximum Gasteiger partial charge on any atom is 0.336 e. The van der Waals surface area contributed by atoms with Crippen LogP contribution in [0.2, 0.25) is 0 Å². The molecular weight excluding hydrogens is 336 g/mol. The Labute approximate surface area is 162 Å². The number of aryl methyl sites for hydroxylation is 1. The highest BCUT2D eigenvalue weighted by Gasteiger charge is 2.50. The Bertz CT molecular complexity index is 765. The van der Waals surface area contributed by atoms with E-state index in [4.69, 9.17) is 0 Å². The third kappa shape index (κ3) is 3.13. The number of unbranched alkanes of at least 4 members (excludes halogenated alkanes) is 1. The number of aromatic carboxylic acids is 1. The lowest BCUT2D eigenvalue weighted by Crippen LogP contribution is -2.39. The molecule has 4 rings (SSSR count). The van der Waals surface area contributed by atoms with Crippen LogP contribution < -0.4 is 0 Å². The Morgan fingerprint density at radius 3 is 2.70 bits per heavy atom. The molecule has 3 nitrogen and oxygen atoms in total. The summed E-state index contributed by atoms with van der Waals surface area (Å²) < 4.78 is 0. The molecule has 0 unspecified atom stereocenters. The highest BCUT2D eigenvalue weighted by Crippen LogP contribution is 2.60. The molecule has 1 aromatic carbocycles. The highest BCUT2D eigenvalue weighted by molar-refractivity contribution is 6.06. The minimum absolute atomic E-state index is 0.000637. The monoisotopic (exact) mass is 368 g/mol. The van der Waals surface area contributed by atoms with Gasteiger partial charge in [-0.1, -0.05) is 26.7 Å². The molecule has 146 valence electrons. The van der Waals surface area contributed by atoms with Crippen LogP contribution in [0.15, 0.2) is 12.1 Å². The molecule has 2 saturated carbocycles. The predicted molar refractivity (Wildman–Crippen MR) is 106 cm³/mol. The molecule has 1 aromatic rings. The van der Waals surface area contributed by atoms with Gasteiger partial charge < -0.3 is 5.11 Å². The number of benzene rings is 1. The van der Waals surface area contributed by atoms with Gasteiger partial charge in [0.1, 0.15) is 0 Å². The van der Waals surface area contributed by atoms with Crippen molar-refractivity contribution in [1.82, 2.24) is 0 Å². The summed E-state index contributed by atoms with van der Waals surface area (Å²) in [5, 5.41) is 9.68. The van der Waals surface area contributed by atoms with Crippen molar-refractivity contribution in [3.63, 3.8) is 0 Å². The van der Waals surface area contributed by atoms with Gasteiger partial charge in [-0.3, -0.25) is 4.79 Å². The molecule has 0 aliphatic heterocycles. The highest BCUT2D eigenvalue weighted by atomic mass is 16.4. The number of carbonyl (C=O) groups excluding carboxylic acids is 1. The third-order valence-corrected chi connectivity index (χ3v) is 7.93. The molecule has 4 atom stereocenters. The van der Waals surface area contributed by atoms with Gasteiger partial charge in [-0.05, 0) is 91.4 Å². The van der Waals surface area contributed by atoms with Gasteiger partial charge in [0.05, 0.1) is 5.56 Å². The van der Waals surface area contributed by atoms with Gasteiger partial charge >= 0.3 is 5.97 Å². The van der Waals surface area contributed by atoms with E-state index in [2.05, 4.69) is 13.8 Å². The van der Waals surface area contributed by atoms with Gasteiger partial charge in [-0.25, -0.2) is 4.79 Å². The second-order valence-corrected chi connectivity index (χ2v) is 9.43. The third-order valence-electron chi connectivity index (χ3n) is 7.93.